The second kappa shape index (κ2) is 7.12. The topological polar surface area (TPSA) is 63.6 Å². The van der Waals surface area contributed by atoms with Crippen LogP contribution in [0, 0.1) is 5.92 Å². The summed E-state index contributed by atoms with van der Waals surface area (Å²) in [7, 11) is 0. The predicted molar refractivity (Wildman–Crippen MR) is 72.7 cm³/mol. The molecule has 1 rings (SSSR count). The molecule has 1 aliphatic carbocycles. The van der Waals surface area contributed by atoms with E-state index in [-0.39, 0.29) is 18.3 Å². The first-order valence-electron chi connectivity index (χ1n) is 6.74. The number of unbranched alkanes of at least 4 members (excludes halogenated alkanes) is 2. The van der Waals surface area contributed by atoms with Gasteiger partial charge in [-0.25, -0.2) is 0 Å². The SMILES string of the molecule is CC1C=CC=CC1(C)OC(=O)CCCCCC(=O)O. The van der Waals surface area contributed by atoms with Crippen LogP contribution in [0.25, 0.3) is 0 Å². The summed E-state index contributed by atoms with van der Waals surface area (Å²) in [6, 6.07) is 0. The molecule has 4 heteroatoms. The van der Waals surface area contributed by atoms with Crippen molar-refractivity contribution in [3.63, 3.8) is 0 Å². The zero-order chi connectivity index (χ0) is 14.3. The summed E-state index contributed by atoms with van der Waals surface area (Å²) < 4.78 is 5.53. The molecule has 106 valence electrons. The second-order valence-corrected chi connectivity index (χ2v) is 5.15. The van der Waals surface area contributed by atoms with Gasteiger partial charge in [0, 0.05) is 18.8 Å². The van der Waals surface area contributed by atoms with Crippen LogP contribution in [0.15, 0.2) is 24.3 Å². The van der Waals surface area contributed by atoms with Crippen LogP contribution in [0.3, 0.4) is 0 Å². The molecule has 0 aromatic heterocycles. The van der Waals surface area contributed by atoms with Crippen molar-refractivity contribution in [1.82, 2.24) is 0 Å². The second-order valence-electron chi connectivity index (χ2n) is 5.15. The highest BCUT2D eigenvalue weighted by Gasteiger charge is 2.32. The van der Waals surface area contributed by atoms with Crippen molar-refractivity contribution in [2.24, 2.45) is 5.92 Å². The first kappa shape index (κ1) is 15.5. The van der Waals surface area contributed by atoms with Crippen molar-refractivity contribution < 1.29 is 19.4 Å². The molecular weight excluding hydrogens is 244 g/mol. The van der Waals surface area contributed by atoms with Gasteiger partial charge in [-0.05, 0) is 25.8 Å². The first-order chi connectivity index (χ1) is 8.94. The summed E-state index contributed by atoms with van der Waals surface area (Å²) >= 11 is 0. The summed E-state index contributed by atoms with van der Waals surface area (Å²) in [5.41, 5.74) is -0.563. The third-order valence-electron chi connectivity index (χ3n) is 3.45. The van der Waals surface area contributed by atoms with E-state index in [4.69, 9.17) is 9.84 Å². The Morgan fingerprint density at radius 2 is 1.89 bits per heavy atom. The third kappa shape index (κ3) is 5.28. The van der Waals surface area contributed by atoms with Gasteiger partial charge in [0.15, 0.2) is 0 Å². The van der Waals surface area contributed by atoms with E-state index in [2.05, 4.69) is 0 Å². The molecule has 0 saturated heterocycles. The van der Waals surface area contributed by atoms with Crippen LogP contribution < -0.4 is 0 Å². The average molecular weight is 266 g/mol. The monoisotopic (exact) mass is 266 g/mol. The number of ether oxygens (including phenoxy) is 1. The Morgan fingerprint density at radius 3 is 2.53 bits per heavy atom. The molecule has 0 saturated carbocycles. The largest absolute Gasteiger partial charge is 0.481 e. The highest BCUT2D eigenvalue weighted by molar-refractivity contribution is 5.70. The Morgan fingerprint density at radius 1 is 1.21 bits per heavy atom. The lowest BCUT2D eigenvalue weighted by Gasteiger charge is -2.32. The highest BCUT2D eigenvalue weighted by atomic mass is 16.6. The van der Waals surface area contributed by atoms with E-state index in [1.807, 2.05) is 38.2 Å². The fourth-order valence-electron chi connectivity index (χ4n) is 1.97. The molecular formula is C15H22O4. The Labute approximate surface area is 114 Å². The number of carbonyl (C=O) groups excluding carboxylic acids is 1. The van der Waals surface area contributed by atoms with E-state index in [9.17, 15) is 9.59 Å². The van der Waals surface area contributed by atoms with Crippen LogP contribution in [-0.4, -0.2) is 22.6 Å². The molecule has 0 bridgehead atoms. The summed E-state index contributed by atoms with van der Waals surface area (Å²) in [6.07, 6.45) is 10.3. The molecule has 0 aliphatic heterocycles. The Bertz CT molecular complexity index is 384. The Hall–Kier alpha value is -1.58. The number of aliphatic carboxylic acids is 1. The smallest absolute Gasteiger partial charge is 0.306 e. The van der Waals surface area contributed by atoms with Crippen molar-refractivity contribution in [3.05, 3.63) is 24.3 Å². The number of hydrogen-bond donors (Lipinski definition) is 1. The minimum Gasteiger partial charge on any atom is -0.481 e. The summed E-state index contributed by atoms with van der Waals surface area (Å²) in [5.74, 6) is -0.846. The fourth-order valence-corrected chi connectivity index (χ4v) is 1.97. The van der Waals surface area contributed by atoms with Gasteiger partial charge in [0.25, 0.3) is 0 Å². The van der Waals surface area contributed by atoms with Crippen LogP contribution >= 0.6 is 0 Å². The van der Waals surface area contributed by atoms with Crippen molar-refractivity contribution >= 4 is 11.9 Å². The van der Waals surface area contributed by atoms with Crippen LogP contribution in [0.4, 0.5) is 0 Å². The lowest BCUT2D eigenvalue weighted by molar-refractivity contribution is -0.156. The van der Waals surface area contributed by atoms with E-state index in [1.165, 1.54) is 0 Å². The van der Waals surface area contributed by atoms with Crippen molar-refractivity contribution in [3.8, 4) is 0 Å². The number of hydrogen-bond acceptors (Lipinski definition) is 3. The molecule has 0 radical (unpaired) electrons. The number of esters is 1. The maximum Gasteiger partial charge on any atom is 0.306 e. The molecule has 2 unspecified atom stereocenters. The van der Waals surface area contributed by atoms with Gasteiger partial charge in [0.1, 0.15) is 5.60 Å². The molecule has 2 atom stereocenters. The predicted octanol–water partition coefficient (Wildman–Crippen LogP) is 3.09. The van der Waals surface area contributed by atoms with E-state index < -0.39 is 11.6 Å². The molecule has 0 aromatic rings. The molecule has 4 nitrogen and oxygen atoms in total. The van der Waals surface area contributed by atoms with Crippen LogP contribution in [0.5, 0.6) is 0 Å². The van der Waals surface area contributed by atoms with Gasteiger partial charge in [-0.1, -0.05) is 31.6 Å². The number of carbonyl (C=O) groups is 2. The summed E-state index contributed by atoms with van der Waals surface area (Å²) in [5, 5.41) is 8.50. The van der Waals surface area contributed by atoms with Crippen molar-refractivity contribution in [2.75, 3.05) is 0 Å². The van der Waals surface area contributed by atoms with Gasteiger partial charge in [-0.15, -0.1) is 0 Å². The van der Waals surface area contributed by atoms with E-state index >= 15 is 0 Å². The summed E-state index contributed by atoms with van der Waals surface area (Å²) in [4.78, 5) is 22.1. The van der Waals surface area contributed by atoms with E-state index in [1.54, 1.807) is 0 Å². The fraction of sp³-hybridized carbons (Fsp3) is 0.600. The van der Waals surface area contributed by atoms with Crippen molar-refractivity contribution in [2.45, 2.75) is 51.6 Å². The lowest BCUT2D eigenvalue weighted by Crippen LogP contribution is -2.36. The van der Waals surface area contributed by atoms with Crippen molar-refractivity contribution in [1.29, 1.82) is 0 Å². The molecule has 0 spiro atoms. The third-order valence-corrected chi connectivity index (χ3v) is 3.45. The Kier molecular flexibility index (Phi) is 5.80. The molecule has 1 aliphatic rings. The number of carboxylic acid groups (broad SMARTS) is 1. The number of rotatable bonds is 7. The maximum absolute atomic E-state index is 11.8. The van der Waals surface area contributed by atoms with E-state index in [0.29, 0.717) is 19.3 Å². The summed E-state index contributed by atoms with van der Waals surface area (Å²) in [6.45, 7) is 3.92. The Balaban J connectivity index is 2.26. The van der Waals surface area contributed by atoms with Gasteiger partial charge in [0.05, 0.1) is 0 Å². The number of allylic oxidation sites excluding steroid dienone is 2. The van der Waals surface area contributed by atoms with Gasteiger partial charge >= 0.3 is 11.9 Å². The van der Waals surface area contributed by atoms with Gasteiger partial charge in [0.2, 0.25) is 0 Å². The molecule has 0 amide bonds. The zero-order valence-corrected chi connectivity index (χ0v) is 11.6. The highest BCUT2D eigenvalue weighted by Crippen LogP contribution is 2.28. The van der Waals surface area contributed by atoms with Crippen LogP contribution in [0.2, 0.25) is 0 Å². The van der Waals surface area contributed by atoms with Gasteiger partial charge in [-0.3, -0.25) is 9.59 Å². The first-order valence-corrected chi connectivity index (χ1v) is 6.74. The quantitative estimate of drug-likeness (QED) is 0.568. The van der Waals surface area contributed by atoms with Gasteiger partial charge in [-0.2, -0.15) is 0 Å². The molecule has 0 heterocycles. The van der Waals surface area contributed by atoms with Crippen LogP contribution in [-0.2, 0) is 14.3 Å². The molecule has 0 aromatic carbocycles. The van der Waals surface area contributed by atoms with E-state index in [0.717, 1.165) is 6.42 Å². The minimum atomic E-state index is -0.789. The minimum absolute atomic E-state index is 0.161. The lowest BCUT2D eigenvalue weighted by atomic mass is 9.87. The molecule has 1 N–H and O–H groups in total. The van der Waals surface area contributed by atoms with Gasteiger partial charge < -0.3 is 9.84 Å². The standard InChI is InChI=1S/C15H22O4/c1-12-8-6-7-11-15(12,2)19-14(18)10-5-3-4-9-13(16)17/h6-8,11-12H,3-5,9-10H2,1-2H3,(H,16,17). The number of carboxylic acids is 1. The normalized spacial score (nSPS) is 25.3. The molecule has 0 fully saturated rings. The zero-order valence-electron chi connectivity index (χ0n) is 11.6. The van der Waals surface area contributed by atoms with Crippen LogP contribution in [0.1, 0.15) is 46.0 Å². The molecule has 19 heavy (non-hydrogen) atoms. The maximum atomic E-state index is 11.8. The average Bonchev–Trinajstić information content (AvgIpc) is 2.32.